The van der Waals surface area contributed by atoms with E-state index in [4.69, 9.17) is 16.1 Å². The Kier molecular flexibility index (Phi) is 6.96. The highest BCUT2D eigenvalue weighted by Crippen LogP contribution is 2.36. The Morgan fingerprint density at radius 2 is 1.76 bits per heavy atom. The van der Waals surface area contributed by atoms with Gasteiger partial charge in [-0.15, -0.1) is 0 Å². The Morgan fingerprint density at radius 1 is 1.06 bits per heavy atom. The number of nitrogens with one attached hydrogen (secondary N) is 1. The number of carbonyl (C=O) groups excluding carboxylic acids is 1. The van der Waals surface area contributed by atoms with Gasteiger partial charge < -0.3 is 9.84 Å². The topological polar surface area (TPSA) is 74.5 Å². The second-order valence-corrected chi connectivity index (χ2v) is 8.08. The Morgan fingerprint density at radius 3 is 2.45 bits per heavy atom. The normalized spacial score (nSPS) is 15.5. The SMILES string of the molecule is O=C(CN1CCN(Cc2nc(-c3ccccc3)no2)CC1)Nc1ccc(Cl)c(C(F)(F)F)c1. The van der Waals surface area contributed by atoms with Gasteiger partial charge in [0.15, 0.2) is 0 Å². The van der Waals surface area contributed by atoms with Crippen molar-refractivity contribution in [2.75, 3.05) is 38.0 Å². The zero-order valence-electron chi connectivity index (χ0n) is 17.5. The second kappa shape index (κ2) is 9.90. The molecule has 1 aromatic heterocycles. The van der Waals surface area contributed by atoms with Crippen LogP contribution in [0.3, 0.4) is 0 Å². The molecule has 0 aliphatic carbocycles. The second-order valence-electron chi connectivity index (χ2n) is 7.67. The fourth-order valence-electron chi connectivity index (χ4n) is 3.54. The highest BCUT2D eigenvalue weighted by atomic mass is 35.5. The third-order valence-electron chi connectivity index (χ3n) is 5.25. The summed E-state index contributed by atoms with van der Waals surface area (Å²) in [5, 5.41) is 6.12. The fraction of sp³-hybridized carbons (Fsp3) is 0.318. The van der Waals surface area contributed by atoms with Crippen LogP contribution in [-0.2, 0) is 17.5 Å². The Labute approximate surface area is 193 Å². The van der Waals surface area contributed by atoms with Gasteiger partial charge in [-0.3, -0.25) is 14.6 Å². The van der Waals surface area contributed by atoms with Crippen LogP contribution in [0.1, 0.15) is 11.5 Å². The van der Waals surface area contributed by atoms with Crippen molar-refractivity contribution in [1.29, 1.82) is 0 Å². The molecule has 33 heavy (non-hydrogen) atoms. The average molecular weight is 480 g/mol. The van der Waals surface area contributed by atoms with Crippen LogP contribution in [0.2, 0.25) is 5.02 Å². The van der Waals surface area contributed by atoms with E-state index < -0.39 is 16.8 Å². The molecule has 0 atom stereocenters. The summed E-state index contributed by atoms with van der Waals surface area (Å²) >= 11 is 5.62. The summed E-state index contributed by atoms with van der Waals surface area (Å²) in [4.78, 5) is 20.8. The molecule has 4 rings (SSSR count). The molecular weight excluding hydrogens is 459 g/mol. The van der Waals surface area contributed by atoms with Gasteiger partial charge in [0.05, 0.1) is 23.7 Å². The van der Waals surface area contributed by atoms with E-state index >= 15 is 0 Å². The lowest BCUT2D eigenvalue weighted by Gasteiger charge is -2.33. The van der Waals surface area contributed by atoms with Gasteiger partial charge >= 0.3 is 6.18 Å². The lowest BCUT2D eigenvalue weighted by Crippen LogP contribution is -2.48. The van der Waals surface area contributed by atoms with Crippen molar-refractivity contribution in [3.8, 4) is 11.4 Å². The molecule has 0 bridgehead atoms. The maximum Gasteiger partial charge on any atom is 0.417 e. The van der Waals surface area contributed by atoms with Crippen LogP contribution in [-0.4, -0.2) is 58.6 Å². The first kappa shape index (κ1) is 23.2. The van der Waals surface area contributed by atoms with Crippen molar-refractivity contribution in [3.05, 3.63) is 65.0 Å². The van der Waals surface area contributed by atoms with Crippen LogP contribution in [0.25, 0.3) is 11.4 Å². The van der Waals surface area contributed by atoms with Crippen LogP contribution in [0, 0.1) is 0 Å². The lowest BCUT2D eigenvalue weighted by atomic mass is 10.2. The molecule has 1 saturated heterocycles. The number of nitrogens with zero attached hydrogens (tertiary/aromatic N) is 4. The molecule has 0 radical (unpaired) electrons. The standard InChI is InChI=1S/C22H21ClF3N5O2/c23-18-7-6-16(12-17(18)22(24,25)26)27-19(32)13-30-8-10-31(11-9-30)14-20-28-21(29-33-20)15-4-2-1-3-5-15/h1-7,12H,8-11,13-14H2,(H,27,32). The number of rotatable bonds is 6. The molecule has 1 fully saturated rings. The van der Waals surface area contributed by atoms with E-state index in [-0.39, 0.29) is 18.1 Å². The van der Waals surface area contributed by atoms with Crippen molar-refractivity contribution in [3.63, 3.8) is 0 Å². The van der Waals surface area contributed by atoms with E-state index in [1.54, 1.807) is 0 Å². The van der Waals surface area contributed by atoms with Crippen LogP contribution >= 0.6 is 11.6 Å². The average Bonchev–Trinajstić information content (AvgIpc) is 3.25. The van der Waals surface area contributed by atoms with Gasteiger partial charge in [0, 0.05) is 37.4 Å². The molecule has 1 aliphatic heterocycles. The fourth-order valence-corrected chi connectivity index (χ4v) is 3.77. The molecule has 2 aromatic carbocycles. The van der Waals surface area contributed by atoms with Crippen molar-refractivity contribution < 1.29 is 22.5 Å². The largest absolute Gasteiger partial charge is 0.417 e. The monoisotopic (exact) mass is 479 g/mol. The van der Waals surface area contributed by atoms with E-state index in [0.717, 1.165) is 17.7 Å². The molecule has 174 valence electrons. The number of anilines is 1. The van der Waals surface area contributed by atoms with Crippen LogP contribution in [0.4, 0.5) is 18.9 Å². The molecule has 1 amide bonds. The quantitative estimate of drug-likeness (QED) is 0.572. The number of carbonyl (C=O) groups is 1. The van der Waals surface area contributed by atoms with Gasteiger partial charge in [-0.2, -0.15) is 18.2 Å². The number of hydrogen-bond acceptors (Lipinski definition) is 6. The first-order valence-electron chi connectivity index (χ1n) is 10.3. The lowest BCUT2D eigenvalue weighted by molar-refractivity contribution is -0.137. The zero-order valence-corrected chi connectivity index (χ0v) is 18.2. The van der Waals surface area contributed by atoms with Crippen LogP contribution in [0.5, 0.6) is 0 Å². The van der Waals surface area contributed by atoms with Crippen molar-refractivity contribution in [2.45, 2.75) is 12.7 Å². The van der Waals surface area contributed by atoms with Crippen LogP contribution in [0.15, 0.2) is 53.1 Å². The van der Waals surface area contributed by atoms with E-state index in [9.17, 15) is 18.0 Å². The molecule has 0 saturated carbocycles. The maximum atomic E-state index is 13.0. The van der Waals surface area contributed by atoms with Gasteiger partial charge in [-0.05, 0) is 18.2 Å². The van der Waals surface area contributed by atoms with E-state index in [1.807, 2.05) is 35.2 Å². The van der Waals surface area contributed by atoms with E-state index in [2.05, 4.69) is 20.4 Å². The van der Waals surface area contributed by atoms with E-state index in [1.165, 1.54) is 6.07 Å². The highest BCUT2D eigenvalue weighted by Gasteiger charge is 2.33. The first-order valence-corrected chi connectivity index (χ1v) is 10.6. The summed E-state index contributed by atoms with van der Waals surface area (Å²) in [7, 11) is 0. The molecule has 11 heteroatoms. The number of hydrogen-bond donors (Lipinski definition) is 1. The predicted molar refractivity (Wildman–Crippen MR) is 117 cm³/mol. The molecular formula is C22H21ClF3N5O2. The Bertz CT molecular complexity index is 1100. The molecule has 0 unspecified atom stereocenters. The number of piperazine rings is 1. The van der Waals surface area contributed by atoms with Gasteiger partial charge in [0.2, 0.25) is 17.6 Å². The van der Waals surface area contributed by atoms with Gasteiger partial charge in [0.1, 0.15) is 0 Å². The molecule has 2 heterocycles. The van der Waals surface area contributed by atoms with E-state index in [0.29, 0.717) is 44.4 Å². The number of amides is 1. The first-order chi connectivity index (χ1) is 15.8. The number of halogens is 4. The van der Waals surface area contributed by atoms with Crippen molar-refractivity contribution in [1.82, 2.24) is 19.9 Å². The van der Waals surface area contributed by atoms with Crippen molar-refractivity contribution >= 4 is 23.2 Å². The summed E-state index contributed by atoms with van der Waals surface area (Å²) < 4.78 is 44.3. The number of alkyl halides is 3. The molecule has 7 nitrogen and oxygen atoms in total. The molecule has 0 spiro atoms. The summed E-state index contributed by atoms with van der Waals surface area (Å²) in [6, 6.07) is 12.9. The Hall–Kier alpha value is -2.95. The minimum Gasteiger partial charge on any atom is -0.338 e. The molecule has 1 aliphatic rings. The predicted octanol–water partition coefficient (Wildman–Crippen LogP) is 4.17. The molecule has 1 N–H and O–H groups in total. The minimum atomic E-state index is -4.59. The van der Waals surface area contributed by atoms with Gasteiger partial charge in [0.25, 0.3) is 0 Å². The summed E-state index contributed by atoms with van der Waals surface area (Å²) in [6.07, 6.45) is -4.59. The summed E-state index contributed by atoms with van der Waals surface area (Å²) in [5.74, 6) is 0.670. The molecule has 3 aromatic rings. The zero-order chi connectivity index (χ0) is 23.4. The number of benzene rings is 2. The Balaban J connectivity index is 1.25. The minimum absolute atomic E-state index is 0.0565. The number of aromatic nitrogens is 2. The van der Waals surface area contributed by atoms with Crippen LogP contribution < -0.4 is 5.32 Å². The van der Waals surface area contributed by atoms with Crippen molar-refractivity contribution in [2.24, 2.45) is 0 Å². The smallest absolute Gasteiger partial charge is 0.338 e. The highest BCUT2D eigenvalue weighted by molar-refractivity contribution is 6.31. The third kappa shape index (κ3) is 6.10. The van der Waals surface area contributed by atoms with Gasteiger partial charge in [-0.25, -0.2) is 0 Å². The summed E-state index contributed by atoms with van der Waals surface area (Å²) in [6.45, 7) is 3.22. The third-order valence-corrected chi connectivity index (χ3v) is 5.58. The summed E-state index contributed by atoms with van der Waals surface area (Å²) in [5.41, 5.74) is -0.0422. The van der Waals surface area contributed by atoms with Gasteiger partial charge in [-0.1, -0.05) is 47.1 Å². The maximum absolute atomic E-state index is 13.0.